The zero-order valence-electron chi connectivity index (χ0n) is 12.9. The van der Waals surface area contributed by atoms with Gasteiger partial charge in [-0.15, -0.1) is 0 Å². The van der Waals surface area contributed by atoms with E-state index in [2.05, 4.69) is 15.3 Å². The summed E-state index contributed by atoms with van der Waals surface area (Å²) in [5.41, 5.74) is 3.31. The summed E-state index contributed by atoms with van der Waals surface area (Å²) in [5, 5.41) is 14.9. The Labute approximate surface area is 134 Å². The molecule has 1 aliphatic heterocycles. The van der Waals surface area contributed by atoms with Gasteiger partial charge in [0, 0.05) is 24.0 Å². The van der Waals surface area contributed by atoms with Crippen LogP contribution < -0.4 is 10.9 Å². The lowest BCUT2D eigenvalue weighted by molar-refractivity contribution is 0.181. The number of aryl methyl sites for hydroxylation is 1. The summed E-state index contributed by atoms with van der Waals surface area (Å²) in [5.74, 6) is 1.02. The van der Waals surface area contributed by atoms with E-state index in [1.54, 1.807) is 0 Å². The van der Waals surface area contributed by atoms with Crippen LogP contribution in [0.3, 0.4) is 0 Å². The Balaban J connectivity index is 1.88. The molecule has 4 rings (SSSR count). The molecule has 0 saturated carbocycles. The molecule has 0 fully saturated rings. The number of anilines is 1. The number of aliphatic hydroxyl groups is 1. The van der Waals surface area contributed by atoms with Gasteiger partial charge in [-0.2, -0.15) is 0 Å². The van der Waals surface area contributed by atoms with Crippen LogP contribution in [0.1, 0.15) is 17.4 Å². The van der Waals surface area contributed by atoms with Crippen LogP contribution in [0, 0.1) is 6.92 Å². The maximum Gasteiger partial charge on any atom is 0.229 e. The summed E-state index contributed by atoms with van der Waals surface area (Å²) in [6.07, 6.45) is -0.916. The van der Waals surface area contributed by atoms with E-state index in [1.807, 2.05) is 60.0 Å². The van der Waals surface area contributed by atoms with Crippen molar-refractivity contribution in [3.05, 3.63) is 65.3 Å². The highest BCUT2D eigenvalue weighted by atomic mass is 16.3. The molecule has 0 amide bonds. The van der Waals surface area contributed by atoms with Crippen molar-refractivity contribution in [1.29, 1.82) is 0 Å². The van der Waals surface area contributed by atoms with E-state index in [1.165, 1.54) is 0 Å². The molecule has 116 valence electrons. The van der Waals surface area contributed by atoms with E-state index in [9.17, 15) is 5.11 Å². The number of rotatable bonds is 2. The standard InChI is InChI=1S/C18H18N4O/c1-12-5-4-6-13(11-12)17(23)21-18-20-15-8-3-2-7-14(15)16-19-9-10-22(16)18/h2-8,11,17,19,23H,9-10H2,1H3. The van der Waals surface area contributed by atoms with E-state index in [0.29, 0.717) is 5.62 Å². The van der Waals surface area contributed by atoms with Gasteiger partial charge in [-0.1, -0.05) is 42.0 Å². The first-order chi connectivity index (χ1) is 11.2. The van der Waals surface area contributed by atoms with Crippen molar-refractivity contribution in [2.75, 3.05) is 11.9 Å². The Morgan fingerprint density at radius 3 is 2.96 bits per heavy atom. The Bertz CT molecular complexity index is 945. The highest BCUT2D eigenvalue weighted by molar-refractivity contribution is 5.89. The largest absolute Gasteiger partial charge is 0.369 e. The smallest absolute Gasteiger partial charge is 0.229 e. The second-order valence-corrected chi connectivity index (χ2v) is 5.77. The minimum atomic E-state index is -0.916. The Morgan fingerprint density at radius 1 is 1.22 bits per heavy atom. The van der Waals surface area contributed by atoms with Crippen molar-refractivity contribution < 1.29 is 5.11 Å². The van der Waals surface area contributed by atoms with Crippen molar-refractivity contribution in [1.82, 2.24) is 9.55 Å². The number of para-hydroxylation sites is 1. The molecule has 23 heavy (non-hydrogen) atoms. The van der Waals surface area contributed by atoms with Crippen LogP contribution in [0.15, 0.2) is 53.5 Å². The first kappa shape index (κ1) is 14.0. The maximum absolute atomic E-state index is 10.5. The van der Waals surface area contributed by atoms with Gasteiger partial charge in [-0.25, -0.2) is 9.98 Å². The third-order valence-electron chi connectivity index (χ3n) is 4.10. The number of hydrogen-bond acceptors (Lipinski definition) is 4. The lowest BCUT2D eigenvalue weighted by Crippen LogP contribution is -2.24. The number of nitrogens with one attached hydrogen (secondary N) is 1. The average Bonchev–Trinajstić information content (AvgIpc) is 3.05. The van der Waals surface area contributed by atoms with Crippen LogP contribution in [0.4, 0.5) is 5.82 Å². The van der Waals surface area contributed by atoms with Crippen LogP contribution in [0.25, 0.3) is 10.9 Å². The number of aliphatic hydroxyl groups excluding tert-OH is 1. The zero-order chi connectivity index (χ0) is 15.8. The summed E-state index contributed by atoms with van der Waals surface area (Å²) >= 11 is 0. The molecule has 2 aromatic carbocycles. The Morgan fingerprint density at radius 2 is 2.09 bits per heavy atom. The molecule has 5 heteroatoms. The first-order valence-electron chi connectivity index (χ1n) is 7.74. The van der Waals surface area contributed by atoms with Crippen LogP contribution in [0.5, 0.6) is 0 Å². The molecule has 0 saturated heterocycles. The van der Waals surface area contributed by atoms with Crippen molar-refractivity contribution in [3.8, 4) is 0 Å². The van der Waals surface area contributed by atoms with Crippen molar-refractivity contribution in [2.45, 2.75) is 19.7 Å². The molecule has 0 aliphatic carbocycles. The van der Waals surface area contributed by atoms with Gasteiger partial charge in [-0.05, 0) is 19.1 Å². The number of hydrogen-bond donors (Lipinski definition) is 2. The summed E-state index contributed by atoms with van der Waals surface area (Å²) in [6, 6.07) is 15.7. The minimum absolute atomic E-state index is 0.553. The van der Waals surface area contributed by atoms with E-state index < -0.39 is 6.23 Å². The molecule has 1 aromatic heterocycles. The molecule has 1 atom stereocenters. The van der Waals surface area contributed by atoms with Gasteiger partial charge < -0.3 is 10.4 Å². The van der Waals surface area contributed by atoms with Crippen LogP contribution in [0.2, 0.25) is 0 Å². The summed E-state index contributed by atoms with van der Waals surface area (Å²) in [7, 11) is 0. The molecule has 2 N–H and O–H groups in total. The molecular formula is C18H18N4O. The van der Waals surface area contributed by atoms with Gasteiger partial charge >= 0.3 is 0 Å². The number of nitrogens with zero attached hydrogens (tertiary/aromatic N) is 3. The van der Waals surface area contributed by atoms with Gasteiger partial charge in [0.1, 0.15) is 5.82 Å². The van der Waals surface area contributed by atoms with E-state index in [4.69, 9.17) is 0 Å². The molecule has 1 unspecified atom stereocenters. The zero-order valence-corrected chi connectivity index (χ0v) is 12.9. The number of benzene rings is 2. The highest BCUT2D eigenvalue weighted by Crippen LogP contribution is 2.23. The van der Waals surface area contributed by atoms with E-state index in [-0.39, 0.29) is 0 Å². The lowest BCUT2D eigenvalue weighted by atomic mass is 10.1. The van der Waals surface area contributed by atoms with Crippen LogP contribution in [-0.4, -0.2) is 21.2 Å². The Hall–Kier alpha value is -2.66. The monoisotopic (exact) mass is 306 g/mol. The summed E-state index contributed by atoms with van der Waals surface area (Å²) < 4.78 is 2.03. The topological polar surface area (TPSA) is 62.4 Å². The Kier molecular flexibility index (Phi) is 3.35. The normalized spacial score (nSPS) is 15.5. The predicted octanol–water partition coefficient (Wildman–Crippen LogP) is 2.36. The fraction of sp³-hybridized carbons (Fsp3) is 0.222. The third-order valence-corrected chi connectivity index (χ3v) is 4.10. The highest BCUT2D eigenvalue weighted by Gasteiger charge is 2.15. The lowest BCUT2D eigenvalue weighted by Gasteiger charge is -2.10. The molecule has 0 bridgehead atoms. The number of aromatic nitrogens is 2. The second-order valence-electron chi connectivity index (χ2n) is 5.77. The third kappa shape index (κ3) is 2.49. The van der Waals surface area contributed by atoms with E-state index >= 15 is 0 Å². The molecule has 3 aromatic rings. The molecular weight excluding hydrogens is 288 g/mol. The van der Waals surface area contributed by atoms with Gasteiger partial charge in [-0.3, -0.25) is 4.57 Å². The SMILES string of the molecule is Cc1cccc(C(O)N=c2nc3ccccc3c3n2CCN3)c1. The fourth-order valence-corrected chi connectivity index (χ4v) is 2.99. The van der Waals surface area contributed by atoms with Gasteiger partial charge in [0.15, 0.2) is 6.23 Å². The van der Waals surface area contributed by atoms with Crippen molar-refractivity contribution in [3.63, 3.8) is 0 Å². The van der Waals surface area contributed by atoms with Crippen molar-refractivity contribution >= 4 is 16.7 Å². The molecule has 2 heterocycles. The predicted molar refractivity (Wildman–Crippen MR) is 89.9 cm³/mol. The summed E-state index contributed by atoms with van der Waals surface area (Å²) in [6.45, 7) is 3.64. The first-order valence-corrected chi connectivity index (χ1v) is 7.74. The van der Waals surface area contributed by atoms with Gasteiger partial charge in [0.25, 0.3) is 0 Å². The minimum Gasteiger partial charge on any atom is -0.369 e. The van der Waals surface area contributed by atoms with Crippen molar-refractivity contribution in [2.24, 2.45) is 4.99 Å². The average molecular weight is 306 g/mol. The molecule has 0 radical (unpaired) electrons. The van der Waals surface area contributed by atoms with Gasteiger partial charge in [0.2, 0.25) is 5.62 Å². The number of fused-ring (bicyclic) bond motifs is 3. The van der Waals surface area contributed by atoms with Crippen LogP contribution in [-0.2, 0) is 6.54 Å². The van der Waals surface area contributed by atoms with Crippen LogP contribution >= 0.6 is 0 Å². The quantitative estimate of drug-likeness (QED) is 0.764. The van der Waals surface area contributed by atoms with Gasteiger partial charge in [0.05, 0.1) is 5.52 Å². The van der Waals surface area contributed by atoms with E-state index in [0.717, 1.165) is 40.9 Å². The molecule has 1 aliphatic rings. The fourth-order valence-electron chi connectivity index (χ4n) is 2.99. The summed E-state index contributed by atoms with van der Waals surface area (Å²) in [4.78, 5) is 9.09. The molecule has 5 nitrogen and oxygen atoms in total. The maximum atomic E-state index is 10.5. The second kappa shape index (κ2) is 5.52. The molecule has 0 spiro atoms.